The Labute approximate surface area is 193 Å². The molecular weight excluding hydrogens is 400 g/mol. The lowest BCUT2D eigenvalue weighted by Crippen LogP contribution is -2.51. The topological polar surface area (TPSA) is 15.3 Å². The normalized spacial score (nSPS) is 23.2. The van der Waals surface area contributed by atoms with Gasteiger partial charge in [-0.05, 0) is 68.7 Å². The number of rotatable bonds is 5. The Kier molecular flexibility index (Phi) is 6.21. The van der Waals surface area contributed by atoms with E-state index in [0.29, 0.717) is 11.5 Å². The molecular formula is C28H35ClN2. The van der Waals surface area contributed by atoms with Gasteiger partial charge in [0.25, 0.3) is 0 Å². The van der Waals surface area contributed by atoms with Gasteiger partial charge >= 0.3 is 0 Å². The summed E-state index contributed by atoms with van der Waals surface area (Å²) in [5.41, 5.74) is 7.96. The van der Waals surface area contributed by atoms with Gasteiger partial charge in [0.2, 0.25) is 0 Å². The summed E-state index contributed by atoms with van der Waals surface area (Å²) in [6.07, 6.45) is 7.85. The van der Waals surface area contributed by atoms with E-state index in [2.05, 4.69) is 74.5 Å². The molecule has 0 bridgehead atoms. The maximum atomic E-state index is 6.78. The van der Waals surface area contributed by atoms with E-state index in [1.165, 1.54) is 49.7 Å². The molecule has 1 N–H and O–H groups in total. The molecule has 0 aromatic heterocycles. The Balaban J connectivity index is 1.52. The zero-order chi connectivity index (χ0) is 22.2. The van der Waals surface area contributed by atoms with Gasteiger partial charge in [0, 0.05) is 40.8 Å². The molecule has 1 saturated carbocycles. The monoisotopic (exact) mass is 434 g/mol. The fourth-order valence-electron chi connectivity index (χ4n) is 5.71. The molecule has 0 radical (unpaired) electrons. The zero-order valence-electron chi connectivity index (χ0n) is 19.2. The second-order valence-corrected chi connectivity index (χ2v) is 10.2. The molecule has 1 heterocycles. The van der Waals surface area contributed by atoms with E-state index in [1.54, 1.807) is 0 Å². The Bertz CT molecular complexity index is 1000. The molecule has 2 aromatic rings. The first kappa shape index (κ1) is 22.0. The van der Waals surface area contributed by atoms with Crippen LogP contribution in [0, 0.1) is 19.3 Å². The van der Waals surface area contributed by atoms with Crippen LogP contribution >= 0.6 is 11.6 Å². The van der Waals surface area contributed by atoms with Gasteiger partial charge < -0.3 is 10.2 Å². The summed E-state index contributed by atoms with van der Waals surface area (Å²) in [7, 11) is 0. The third-order valence-corrected chi connectivity index (χ3v) is 7.74. The largest absolute Gasteiger partial charge is 0.368 e. The highest BCUT2D eigenvalue weighted by Crippen LogP contribution is 2.48. The van der Waals surface area contributed by atoms with Crippen molar-refractivity contribution >= 4 is 28.7 Å². The van der Waals surface area contributed by atoms with E-state index < -0.39 is 0 Å². The van der Waals surface area contributed by atoms with Gasteiger partial charge in [-0.15, -0.1) is 0 Å². The van der Waals surface area contributed by atoms with E-state index in [1.807, 2.05) is 6.07 Å². The van der Waals surface area contributed by atoms with Crippen LogP contribution in [0.15, 0.2) is 49.6 Å². The zero-order valence-corrected chi connectivity index (χ0v) is 20.0. The number of piperidine rings is 1. The summed E-state index contributed by atoms with van der Waals surface area (Å²) in [4.78, 5) is 2.55. The number of nitrogens with one attached hydrogen (secondary N) is 1. The maximum absolute atomic E-state index is 6.78. The molecule has 2 fully saturated rings. The number of aryl methyl sites for hydroxylation is 2. The standard InChI is InChI=1S/C28H35ClN2/c1-19-10-12-24(20(2)17-19)21(3)30-23-11-13-25(26(29)18-23)22(4)31-16-8-15-28(5)14-7-6-9-27(28)31/h10-13,17-18,27,30H,3-4,6-9,14-16H2,1-2,5H3. The average molecular weight is 435 g/mol. The first-order valence-corrected chi connectivity index (χ1v) is 12.0. The number of likely N-dealkylation sites (tertiary alicyclic amines) is 1. The number of halogens is 1. The van der Waals surface area contributed by atoms with Gasteiger partial charge in [-0.25, -0.2) is 0 Å². The summed E-state index contributed by atoms with van der Waals surface area (Å²) in [5.74, 6) is 0. The minimum absolute atomic E-state index is 0.414. The number of benzene rings is 2. The summed E-state index contributed by atoms with van der Waals surface area (Å²) in [5, 5.41) is 4.18. The number of fused-ring (bicyclic) bond motifs is 1. The van der Waals surface area contributed by atoms with E-state index >= 15 is 0 Å². The Morgan fingerprint density at radius 2 is 1.77 bits per heavy atom. The number of nitrogens with zero attached hydrogens (tertiary/aromatic N) is 1. The van der Waals surface area contributed by atoms with E-state index in [4.69, 9.17) is 11.6 Å². The molecule has 2 aromatic carbocycles. The van der Waals surface area contributed by atoms with Crippen LogP contribution in [-0.4, -0.2) is 17.5 Å². The molecule has 0 amide bonds. The van der Waals surface area contributed by atoms with Crippen LogP contribution in [0.2, 0.25) is 5.02 Å². The second kappa shape index (κ2) is 8.74. The molecule has 2 aliphatic rings. The van der Waals surface area contributed by atoms with Crippen LogP contribution < -0.4 is 5.32 Å². The lowest BCUT2D eigenvalue weighted by Gasteiger charge is -2.52. The molecule has 31 heavy (non-hydrogen) atoms. The smallest absolute Gasteiger partial charge is 0.0519 e. The fourth-order valence-corrected chi connectivity index (χ4v) is 6.00. The molecule has 2 atom stereocenters. The first-order chi connectivity index (χ1) is 14.8. The predicted molar refractivity (Wildman–Crippen MR) is 135 cm³/mol. The van der Waals surface area contributed by atoms with Crippen LogP contribution in [0.4, 0.5) is 5.69 Å². The minimum atomic E-state index is 0.414. The van der Waals surface area contributed by atoms with Gasteiger partial charge in [-0.3, -0.25) is 0 Å². The molecule has 1 saturated heterocycles. The predicted octanol–water partition coefficient (Wildman–Crippen LogP) is 8.06. The molecule has 2 unspecified atom stereocenters. The third kappa shape index (κ3) is 4.41. The molecule has 2 nitrogen and oxygen atoms in total. The second-order valence-electron chi connectivity index (χ2n) is 9.78. The van der Waals surface area contributed by atoms with Gasteiger partial charge in [0.05, 0.1) is 5.02 Å². The van der Waals surface area contributed by atoms with Gasteiger partial charge in [-0.1, -0.05) is 68.3 Å². The van der Waals surface area contributed by atoms with Crippen molar-refractivity contribution in [2.24, 2.45) is 5.41 Å². The molecule has 1 aliphatic carbocycles. The van der Waals surface area contributed by atoms with Crippen molar-refractivity contribution in [2.75, 3.05) is 11.9 Å². The highest BCUT2D eigenvalue weighted by Gasteiger charge is 2.42. The van der Waals surface area contributed by atoms with Gasteiger partial charge in [-0.2, -0.15) is 0 Å². The summed E-state index contributed by atoms with van der Waals surface area (Å²) >= 11 is 6.78. The number of hydrogen-bond donors (Lipinski definition) is 1. The first-order valence-electron chi connectivity index (χ1n) is 11.6. The molecule has 4 rings (SSSR count). The molecule has 0 spiro atoms. The Morgan fingerprint density at radius 1 is 1.03 bits per heavy atom. The average Bonchev–Trinajstić information content (AvgIpc) is 2.72. The third-order valence-electron chi connectivity index (χ3n) is 7.43. The van der Waals surface area contributed by atoms with Crippen molar-refractivity contribution in [3.05, 3.63) is 76.8 Å². The van der Waals surface area contributed by atoms with Gasteiger partial charge in [0.1, 0.15) is 0 Å². The summed E-state index contributed by atoms with van der Waals surface area (Å²) < 4.78 is 0. The number of hydrogen-bond acceptors (Lipinski definition) is 2. The van der Waals surface area contributed by atoms with Crippen LogP contribution in [0.3, 0.4) is 0 Å². The van der Waals surface area contributed by atoms with E-state index in [0.717, 1.165) is 39.8 Å². The molecule has 164 valence electrons. The van der Waals surface area contributed by atoms with Crippen molar-refractivity contribution < 1.29 is 0 Å². The van der Waals surface area contributed by atoms with Crippen LogP contribution in [0.25, 0.3) is 11.4 Å². The van der Waals surface area contributed by atoms with Crippen LogP contribution in [-0.2, 0) is 0 Å². The van der Waals surface area contributed by atoms with Crippen molar-refractivity contribution in [1.29, 1.82) is 0 Å². The van der Waals surface area contributed by atoms with Crippen LogP contribution in [0.1, 0.15) is 67.7 Å². The lowest BCUT2D eigenvalue weighted by molar-refractivity contribution is 0.0293. The quantitative estimate of drug-likeness (QED) is 0.511. The lowest BCUT2D eigenvalue weighted by atomic mass is 9.66. The molecule has 1 aliphatic heterocycles. The Hall–Kier alpha value is -2.19. The van der Waals surface area contributed by atoms with Crippen LogP contribution in [0.5, 0.6) is 0 Å². The fraction of sp³-hybridized carbons (Fsp3) is 0.429. The van der Waals surface area contributed by atoms with Crippen molar-refractivity contribution in [1.82, 2.24) is 4.90 Å². The van der Waals surface area contributed by atoms with Gasteiger partial charge in [0.15, 0.2) is 0 Å². The minimum Gasteiger partial charge on any atom is -0.368 e. The molecule has 3 heteroatoms. The highest BCUT2D eigenvalue weighted by molar-refractivity contribution is 6.32. The SMILES string of the molecule is C=C(Nc1ccc(C(=C)N2CCCC3(C)CCCCC23)c(Cl)c1)c1ccc(C)cc1C. The Morgan fingerprint density at radius 3 is 2.52 bits per heavy atom. The maximum Gasteiger partial charge on any atom is 0.0519 e. The highest BCUT2D eigenvalue weighted by atomic mass is 35.5. The van der Waals surface area contributed by atoms with Crippen molar-refractivity contribution in [3.8, 4) is 0 Å². The van der Waals surface area contributed by atoms with Crippen molar-refractivity contribution in [2.45, 2.75) is 65.3 Å². The summed E-state index contributed by atoms with van der Waals surface area (Å²) in [6, 6.07) is 13.2. The van der Waals surface area contributed by atoms with Crippen molar-refractivity contribution in [3.63, 3.8) is 0 Å². The van der Waals surface area contributed by atoms with E-state index in [9.17, 15) is 0 Å². The summed E-state index contributed by atoms with van der Waals surface area (Å²) in [6.45, 7) is 16.5. The number of anilines is 1. The van der Waals surface area contributed by atoms with E-state index in [-0.39, 0.29) is 0 Å².